The van der Waals surface area contributed by atoms with E-state index in [4.69, 9.17) is 4.42 Å². The van der Waals surface area contributed by atoms with E-state index in [9.17, 15) is 0 Å². The first kappa shape index (κ1) is 39.1. The molecule has 0 radical (unpaired) electrons. The summed E-state index contributed by atoms with van der Waals surface area (Å²) in [4.78, 5) is 0. The van der Waals surface area contributed by atoms with Crippen LogP contribution in [0.5, 0.6) is 0 Å². The van der Waals surface area contributed by atoms with E-state index >= 15 is 0 Å². The third-order valence-corrected chi connectivity index (χ3v) is 15.5. The minimum atomic E-state index is -0.0411. The summed E-state index contributed by atoms with van der Waals surface area (Å²) in [5, 5.41) is 7.41. The molecule has 0 atom stereocenters. The molecule has 0 unspecified atom stereocenters. The van der Waals surface area contributed by atoms with Crippen LogP contribution in [-0.4, -0.2) is 9.13 Å². The van der Waals surface area contributed by atoms with Crippen molar-refractivity contribution in [2.24, 2.45) is 0 Å². The molecule has 68 heavy (non-hydrogen) atoms. The second-order valence-electron chi connectivity index (χ2n) is 19.7. The molecule has 0 saturated heterocycles. The number of aryl methyl sites for hydroxylation is 1. The number of aromatic nitrogens is 2. The number of nitrogens with zero attached hydrogens (tertiary/aromatic N) is 2. The highest BCUT2D eigenvalue weighted by Gasteiger charge is 2.40. The number of benzene rings is 9. The van der Waals surface area contributed by atoms with Gasteiger partial charge in [-0.3, -0.25) is 0 Å². The molecule has 2 aliphatic rings. The van der Waals surface area contributed by atoms with Crippen molar-refractivity contribution >= 4 is 71.1 Å². The Hall–Kier alpha value is -8.14. The second kappa shape index (κ2) is 14.4. The number of fused-ring (bicyclic) bond motifs is 12. The lowest BCUT2D eigenvalue weighted by Crippen LogP contribution is -2.16. The van der Waals surface area contributed by atoms with Crippen LogP contribution in [0.4, 0.5) is 0 Å². The average Bonchev–Trinajstić information content (AvgIpc) is 4.09. The molecule has 14 rings (SSSR count). The van der Waals surface area contributed by atoms with E-state index in [1.165, 1.54) is 116 Å². The number of para-hydroxylation sites is 3. The first-order valence-electron chi connectivity index (χ1n) is 24.0. The Morgan fingerprint density at radius 2 is 1.00 bits per heavy atom. The van der Waals surface area contributed by atoms with E-state index in [1.54, 1.807) is 0 Å². The van der Waals surface area contributed by atoms with Crippen LogP contribution in [-0.2, 0) is 5.41 Å². The SMILES string of the molecule is CC1=CC2=C(CC1)c1c(ccc3c1oc1c(-c4ccc(-c5ccc6c(c5)c5cc(-c7ccc8c(c7)c7c(C)cccc7n8-c7ccccc7)ccc5n6-c5ccccc5)cc4)cccc13)C2(C)C. The molecule has 0 N–H and O–H groups in total. The predicted molar refractivity (Wildman–Crippen MR) is 286 cm³/mol. The largest absolute Gasteiger partial charge is 0.455 e. The van der Waals surface area contributed by atoms with Crippen LogP contribution in [0.2, 0.25) is 0 Å². The van der Waals surface area contributed by atoms with Gasteiger partial charge in [-0.15, -0.1) is 0 Å². The Morgan fingerprint density at radius 3 is 1.68 bits per heavy atom. The number of rotatable bonds is 5. The van der Waals surface area contributed by atoms with E-state index in [-0.39, 0.29) is 5.41 Å². The van der Waals surface area contributed by atoms with Gasteiger partial charge in [-0.2, -0.15) is 0 Å². The molecule has 0 aliphatic heterocycles. The highest BCUT2D eigenvalue weighted by atomic mass is 16.3. The van der Waals surface area contributed by atoms with Gasteiger partial charge in [0.1, 0.15) is 11.2 Å². The molecular formula is C65H48N2O. The van der Waals surface area contributed by atoms with Crippen molar-refractivity contribution < 1.29 is 4.42 Å². The van der Waals surface area contributed by atoms with E-state index < -0.39 is 0 Å². The summed E-state index contributed by atoms with van der Waals surface area (Å²) in [6.45, 7) is 9.24. The fraction of sp³-hybridized carbons (Fsp3) is 0.108. The number of furan rings is 1. The van der Waals surface area contributed by atoms with Crippen LogP contribution >= 0.6 is 0 Å². The highest BCUT2D eigenvalue weighted by molar-refractivity contribution is 6.15. The number of hydrogen-bond acceptors (Lipinski definition) is 1. The molecule has 3 aromatic heterocycles. The van der Waals surface area contributed by atoms with Gasteiger partial charge >= 0.3 is 0 Å². The zero-order valence-electron chi connectivity index (χ0n) is 38.7. The van der Waals surface area contributed by atoms with E-state index in [1.807, 2.05) is 0 Å². The molecule has 324 valence electrons. The van der Waals surface area contributed by atoms with Gasteiger partial charge in [-0.05, 0) is 144 Å². The smallest absolute Gasteiger partial charge is 0.143 e. The van der Waals surface area contributed by atoms with Crippen molar-refractivity contribution in [2.45, 2.75) is 46.0 Å². The molecule has 0 bridgehead atoms. The topological polar surface area (TPSA) is 23.0 Å². The van der Waals surface area contributed by atoms with Gasteiger partial charge in [-0.1, -0.05) is 147 Å². The molecule has 12 aromatic rings. The summed E-state index contributed by atoms with van der Waals surface area (Å²) < 4.78 is 11.9. The standard InChI is InChI=1S/C65H48N2O/c1-39-21-29-51-56(35-39)65(3,4)55-31-30-50-49-19-12-18-48(63(49)68-64(50)62(51)55)42-24-22-41(23-25-42)43-26-32-57-52(36-43)53-37-44(27-33-58(53)66(57)46-14-7-5-8-15-46)45-28-34-59-54(38-45)61-40(2)13-11-20-60(61)67(59)47-16-9-6-10-17-47/h5-20,22-28,30-38H,21,29H2,1-4H3. The molecule has 0 fully saturated rings. The van der Waals surface area contributed by atoms with Gasteiger partial charge in [0.15, 0.2) is 0 Å². The number of allylic oxidation sites excluding steroid dienone is 4. The number of hydrogen-bond donors (Lipinski definition) is 0. The van der Waals surface area contributed by atoms with Crippen molar-refractivity contribution in [2.75, 3.05) is 0 Å². The van der Waals surface area contributed by atoms with Crippen molar-refractivity contribution in [1.29, 1.82) is 0 Å². The summed E-state index contributed by atoms with van der Waals surface area (Å²) in [5.41, 5.74) is 24.5. The Balaban J connectivity index is 0.882. The maximum atomic E-state index is 7.04. The highest BCUT2D eigenvalue weighted by Crippen LogP contribution is 2.54. The van der Waals surface area contributed by atoms with Gasteiger partial charge in [0.05, 0.1) is 22.1 Å². The zero-order valence-corrected chi connectivity index (χ0v) is 38.7. The average molecular weight is 873 g/mol. The summed E-state index contributed by atoms with van der Waals surface area (Å²) in [6.07, 6.45) is 4.60. The lowest BCUT2D eigenvalue weighted by molar-refractivity contribution is 0.643. The maximum Gasteiger partial charge on any atom is 0.143 e. The fourth-order valence-corrected chi connectivity index (χ4v) is 12.1. The predicted octanol–water partition coefficient (Wildman–Crippen LogP) is 17.9. The van der Waals surface area contributed by atoms with Gasteiger partial charge in [0, 0.05) is 60.2 Å². The van der Waals surface area contributed by atoms with Crippen molar-refractivity contribution in [1.82, 2.24) is 9.13 Å². The molecule has 0 amide bonds. The summed E-state index contributed by atoms with van der Waals surface area (Å²) >= 11 is 0. The van der Waals surface area contributed by atoms with Crippen LogP contribution in [0, 0.1) is 6.92 Å². The lowest BCUT2D eigenvalue weighted by atomic mass is 9.79. The van der Waals surface area contributed by atoms with Crippen LogP contribution in [0.1, 0.15) is 50.3 Å². The molecule has 9 aromatic carbocycles. The fourth-order valence-electron chi connectivity index (χ4n) is 12.1. The van der Waals surface area contributed by atoms with Crippen LogP contribution < -0.4 is 0 Å². The van der Waals surface area contributed by atoms with E-state index in [2.05, 4.69) is 231 Å². The summed E-state index contributed by atoms with van der Waals surface area (Å²) in [7, 11) is 0. The Kier molecular flexibility index (Phi) is 8.29. The minimum Gasteiger partial charge on any atom is -0.455 e. The van der Waals surface area contributed by atoms with Crippen molar-refractivity contribution in [3.63, 3.8) is 0 Å². The summed E-state index contributed by atoms with van der Waals surface area (Å²) in [5.74, 6) is 0. The van der Waals surface area contributed by atoms with E-state index in [0.29, 0.717) is 0 Å². The van der Waals surface area contributed by atoms with Crippen molar-refractivity contribution in [3.8, 4) is 44.8 Å². The van der Waals surface area contributed by atoms with Gasteiger partial charge < -0.3 is 13.6 Å². The molecule has 2 aliphatic carbocycles. The van der Waals surface area contributed by atoms with Crippen LogP contribution in [0.3, 0.4) is 0 Å². The van der Waals surface area contributed by atoms with Gasteiger partial charge in [0.2, 0.25) is 0 Å². The normalized spacial score (nSPS) is 14.5. The maximum absolute atomic E-state index is 7.04. The van der Waals surface area contributed by atoms with Gasteiger partial charge in [0.25, 0.3) is 0 Å². The van der Waals surface area contributed by atoms with Gasteiger partial charge in [-0.25, -0.2) is 0 Å². The Bertz CT molecular complexity index is 4150. The first-order valence-corrected chi connectivity index (χ1v) is 24.0. The second-order valence-corrected chi connectivity index (χ2v) is 19.7. The molecule has 3 heterocycles. The molecule has 0 spiro atoms. The molecule has 0 saturated carbocycles. The first-order chi connectivity index (χ1) is 33.3. The quantitative estimate of drug-likeness (QED) is 0.169. The summed E-state index contributed by atoms with van der Waals surface area (Å²) in [6, 6.07) is 69.5. The Labute approximate surface area is 395 Å². The minimum absolute atomic E-state index is 0.0411. The van der Waals surface area contributed by atoms with Crippen LogP contribution in [0.25, 0.3) is 116 Å². The monoisotopic (exact) mass is 872 g/mol. The molecule has 3 nitrogen and oxygen atoms in total. The molecule has 3 heteroatoms. The third kappa shape index (κ3) is 5.59. The molecular weight excluding hydrogens is 825 g/mol. The third-order valence-electron chi connectivity index (χ3n) is 15.5. The zero-order chi connectivity index (χ0) is 45.4. The van der Waals surface area contributed by atoms with Crippen molar-refractivity contribution in [3.05, 3.63) is 222 Å². The van der Waals surface area contributed by atoms with Crippen LogP contribution in [0.15, 0.2) is 210 Å². The Morgan fingerprint density at radius 1 is 0.441 bits per heavy atom. The lowest BCUT2D eigenvalue weighted by Gasteiger charge is -2.24. The van der Waals surface area contributed by atoms with E-state index in [0.717, 1.165) is 40.8 Å².